The molecule has 0 atom stereocenters. The van der Waals surface area contributed by atoms with E-state index in [1.54, 1.807) is 13.2 Å². The summed E-state index contributed by atoms with van der Waals surface area (Å²) in [5.41, 5.74) is 3.69. The molecule has 0 amide bonds. The van der Waals surface area contributed by atoms with Crippen molar-refractivity contribution in [3.05, 3.63) is 94.5 Å². The summed E-state index contributed by atoms with van der Waals surface area (Å²) < 4.78 is 7.40. The number of fused-ring (bicyclic) bond motifs is 1. The van der Waals surface area contributed by atoms with Crippen LogP contribution in [0.3, 0.4) is 0 Å². The number of methoxy groups -OCH3 is 1. The third-order valence-electron chi connectivity index (χ3n) is 5.78. The number of hydrogen-bond donors (Lipinski definition) is 1. The van der Waals surface area contributed by atoms with Crippen LogP contribution in [-0.2, 0) is 5.75 Å². The Labute approximate surface area is 207 Å². The molecule has 5 rings (SSSR count). The number of para-hydroxylation sites is 2. The molecular weight excluding hydrogens is 458 g/mol. The molecule has 8 heteroatoms. The van der Waals surface area contributed by atoms with E-state index in [4.69, 9.17) is 4.74 Å². The van der Waals surface area contributed by atoms with E-state index >= 15 is 0 Å². The van der Waals surface area contributed by atoms with Gasteiger partial charge in [0, 0.05) is 5.56 Å². The smallest absolute Gasteiger partial charge is 0.258 e. The molecule has 2 aromatic heterocycles. The van der Waals surface area contributed by atoms with Gasteiger partial charge in [-0.05, 0) is 53.9 Å². The van der Waals surface area contributed by atoms with Crippen molar-refractivity contribution in [2.24, 2.45) is 0 Å². The fourth-order valence-electron chi connectivity index (χ4n) is 4.02. The summed E-state index contributed by atoms with van der Waals surface area (Å²) in [6, 6.07) is 23.4. The van der Waals surface area contributed by atoms with Crippen molar-refractivity contribution in [1.29, 1.82) is 0 Å². The van der Waals surface area contributed by atoms with Crippen LogP contribution >= 0.6 is 11.8 Å². The Bertz CT molecular complexity index is 1540. The first-order chi connectivity index (χ1) is 17.0. The van der Waals surface area contributed by atoms with E-state index in [9.17, 15) is 4.79 Å². The second-order valence-corrected chi connectivity index (χ2v) is 9.34. The van der Waals surface area contributed by atoms with Crippen LogP contribution in [0.2, 0.25) is 0 Å². The van der Waals surface area contributed by atoms with Gasteiger partial charge in [0.25, 0.3) is 5.56 Å². The minimum atomic E-state index is -0.142. The third-order valence-corrected chi connectivity index (χ3v) is 6.72. The van der Waals surface area contributed by atoms with Gasteiger partial charge in [-0.3, -0.25) is 9.36 Å². The highest BCUT2D eigenvalue weighted by Gasteiger charge is 2.20. The zero-order valence-corrected chi connectivity index (χ0v) is 20.5. The summed E-state index contributed by atoms with van der Waals surface area (Å²) in [5, 5.41) is 10.4. The Morgan fingerprint density at radius 3 is 2.49 bits per heavy atom. The second kappa shape index (κ2) is 9.76. The fraction of sp³-hybridized carbons (Fsp3) is 0.185. The SMILES string of the molecule is COc1ccc(-c2nnc(SCc3nc4ccccc4c(=O)[nH]3)n2-c2ccccc2C(C)C)cc1. The number of nitrogens with zero attached hydrogens (tertiary/aromatic N) is 4. The summed E-state index contributed by atoms with van der Waals surface area (Å²) in [6.07, 6.45) is 0. The van der Waals surface area contributed by atoms with Gasteiger partial charge in [0.15, 0.2) is 11.0 Å². The first-order valence-corrected chi connectivity index (χ1v) is 12.3. The minimum absolute atomic E-state index is 0.142. The predicted octanol–water partition coefficient (Wildman–Crippen LogP) is 5.60. The predicted molar refractivity (Wildman–Crippen MR) is 139 cm³/mol. The molecule has 0 saturated heterocycles. The lowest BCUT2D eigenvalue weighted by Crippen LogP contribution is -2.11. The first kappa shape index (κ1) is 22.9. The van der Waals surface area contributed by atoms with Crippen LogP contribution in [-0.4, -0.2) is 31.8 Å². The van der Waals surface area contributed by atoms with Crippen LogP contribution in [0, 0.1) is 0 Å². The van der Waals surface area contributed by atoms with Gasteiger partial charge in [-0.15, -0.1) is 10.2 Å². The number of aromatic nitrogens is 5. The van der Waals surface area contributed by atoms with Crippen molar-refractivity contribution < 1.29 is 4.74 Å². The molecule has 0 saturated carbocycles. The van der Waals surface area contributed by atoms with Crippen molar-refractivity contribution in [3.63, 3.8) is 0 Å². The standard InChI is InChI=1S/C27H25N5O2S/c1-17(2)20-8-5-7-11-23(20)32-25(18-12-14-19(34-3)15-13-18)30-31-27(32)35-16-24-28-22-10-6-4-9-21(22)26(33)29-24/h4-15,17H,16H2,1-3H3,(H,28,29,33). The number of ether oxygens (including phenoxy) is 1. The maximum Gasteiger partial charge on any atom is 0.258 e. The molecule has 0 aliphatic heterocycles. The van der Waals surface area contributed by atoms with Crippen LogP contribution in [0.15, 0.2) is 82.7 Å². The highest BCUT2D eigenvalue weighted by atomic mass is 32.2. The summed E-state index contributed by atoms with van der Waals surface area (Å²) in [7, 11) is 1.65. The number of hydrogen-bond acceptors (Lipinski definition) is 6. The topological polar surface area (TPSA) is 85.7 Å². The van der Waals surface area contributed by atoms with Crippen molar-refractivity contribution in [2.45, 2.75) is 30.7 Å². The second-order valence-electron chi connectivity index (χ2n) is 8.40. The molecular formula is C27H25N5O2S. The average Bonchev–Trinajstić information content (AvgIpc) is 3.31. The molecule has 0 aliphatic rings. The lowest BCUT2D eigenvalue weighted by molar-refractivity contribution is 0.415. The zero-order valence-electron chi connectivity index (χ0n) is 19.7. The molecule has 7 nitrogen and oxygen atoms in total. The van der Waals surface area contributed by atoms with Crippen molar-refractivity contribution in [2.75, 3.05) is 7.11 Å². The lowest BCUT2D eigenvalue weighted by atomic mass is 10.0. The van der Waals surface area contributed by atoms with Gasteiger partial charge >= 0.3 is 0 Å². The van der Waals surface area contributed by atoms with E-state index < -0.39 is 0 Å². The Morgan fingerprint density at radius 1 is 0.971 bits per heavy atom. The lowest BCUT2D eigenvalue weighted by Gasteiger charge is -2.17. The molecule has 2 heterocycles. The number of nitrogens with one attached hydrogen (secondary N) is 1. The van der Waals surface area contributed by atoms with E-state index in [2.05, 4.69) is 50.7 Å². The maximum atomic E-state index is 12.5. The molecule has 0 fully saturated rings. The van der Waals surface area contributed by atoms with E-state index in [0.717, 1.165) is 28.0 Å². The number of H-pyrrole nitrogens is 1. The van der Waals surface area contributed by atoms with Gasteiger partial charge < -0.3 is 9.72 Å². The molecule has 176 valence electrons. The number of benzene rings is 3. The Balaban J connectivity index is 1.57. The summed E-state index contributed by atoms with van der Waals surface area (Å²) in [4.78, 5) is 20.0. The van der Waals surface area contributed by atoms with Crippen LogP contribution < -0.4 is 10.3 Å². The Hall–Kier alpha value is -3.91. The molecule has 1 N–H and O–H groups in total. The number of thioether (sulfide) groups is 1. The van der Waals surface area contributed by atoms with Crippen molar-refractivity contribution in [1.82, 2.24) is 24.7 Å². The quantitative estimate of drug-likeness (QED) is 0.304. The highest BCUT2D eigenvalue weighted by Crippen LogP contribution is 2.33. The molecule has 0 bridgehead atoms. The van der Waals surface area contributed by atoms with Crippen molar-refractivity contribution >= 4 is 22.7 Å². The summed E-state index contributed by atoms with van der Waals surface area (Å²) in [6.45, 7) is 4.35. The molecule has 0 unspecified atom stereocenters. The highest BCUT2D eigenvalue weighted by molar-refractivity contribution is 7.98. The molecule has 0 spiro atoms. The fourth-order valence-corrected chi connectivity index (χ4v) is 4.84. The minimum Gasteiger partial charge on any atom is -0.497 e. The summed E-state index contributed by atoms with van der Waals surface area (Å²) >= 11 is 1.49. The van der Waals surface area contributed by atoms with Crippen LogP contribution in [0.5, 0.6) is 5.75 Å². The van der Waals surface area contributed by atoms with E-state index in [0.29, 0.717) is 28.4 Å². The third kappa shape index (κ3) is 4.57. The van der Waals surface area contributed by atoms with Gasteiger partial charge in [0.1, 0.15) is 11.6 Å². The largest absolute Gasteiger partial charge is 0.497 e. The van der Waals surface area contributed by atoms with Gasteiger partial charge in [-0.25, -0.2) is 4.98 Å². The monoisotopic (exact) mass is 483 g/mol. The zero-order chi connectivity index (χ0) is 24.4. The van der Waals surface area contributed by atoms with Crippen LogP contribution in [0.1, 0.15) is 31.2 Å². The van der Waals surface area contributed by atoms with Gasteiger partial charge in [0.05, 0.1) is 29.5 Å². The van der Waals surface area contributed by atoms with Gasteiger partial charge in [-0.2, -0.15) is 0 Å². The first-order valence-electron chi connectivity index (χ1n) is 11.3. The van der Waals surface area contributed by atoms with Crippen molar-refractivity contribution in [3.8, 4) is 22.8 Å². The average molecular weight is 484 g/mol. The Morgan fingerprint density at radius 2 is 1.71 bits per heavy atom. The number of rotatable bonds is 7. The Kier molecular flexibility index (Phi) is 6.37. The van der Waals surface area contributed by atoms with E-state index in [1.165, 1.54) is 17.3 Å². The molecule has 35 heavy (non-hydrogen) atoms. The van der Waals surface area contributed by atoms with Gasteiger partial charge in [-0.1, -0.05) is 55.9 Å². The molecule has 3 aromatic carbocycles. The van der Waals surface area contributed by atoms with E-state index in [1.807, 2.05) is 54.6 Å². The summed E-state index contributed by atoms with van der Waals surface area (Å²) in [5.74, 6) is 2.88. The number of aromatic amines is 1. The van der Waals surface area contributed by atoms with E-state index in [-0.39, 0.29) is 5.56 Å². The molecule has 5 aromatic rings. The van der Waals surface area contributed by atoms with Crippen LogP contribution in [0.4, 0.5) is 0 Å². The molecule has 0 aliphatic carbocycles. The molecule has 0 radical (unpaired) electrons. The van der Waals surface area contributed by atoms with Crippen LogP contribution in [0.25, 0.3) is 28.0 Å². The normalized spacial score (nSPS) is 11.3. The maximum absolute atomic E-state index is 12.5. The van der Waals surface area contributed by atoms with Gasteiger partial charge in [0.2, 0.25) is 0 Å².